The van der Waals surface area contributed by atoms with Gasteiger partial charge in [0.15, 0.2) is 5.71 Å². The number of likely N-dealkylation sites (N-methyl/N-ethyl adjacent to an activating group) is 1. The summed E-state index contributed by atoms with van der Waals surface area (Å²) in [7, 11) is 2.13. The monoisotopic (exact) mass is 360 g/mol. The Morgan fingerprint density at radius 2 is 1.74 bits per heavy atom. The van der Waals surface area contributed by atoms with Crippen molar-refractivity contribution < 1.29 is 4.58 Å². The van der Waals surface area contributed by atoms with E-state index in [-0.39, 0.29) is 5.92 Å². The van der Waals surface area contributed by atoms with Crippen LogP contribution in [0.4, 0.5) is 0 Å². The van der Waals surface area contributed by atoms with E-state index in [2.05, 4.69) is 83.5 Å². The van der Waals surface area contributed by atoms with E-state index < -0.39 is 0 Å². The summed E-state index contributed by atoms with van der Waals surface area (Å²) in [5.74, 6) is 2.86. The highest BCUT2D eigenvalue weighted by Gasteiger charge is 2.42. The second-order valence-electron chi connectivity index (χ2n) is 6.89. The van der Waals surface area contributed by atoms with Gasteiger partial charge < -0.3 is 0 Å². The van der Waals surface area contributed by atoms with Gasteiger partial charge in [0.1, 0.15) is 13.0 Å². The molecule has 0 N–H and O–H groups in total. The van der Waals surface area contributed by atoms with Gasteiger partial charge in [0.05, 0.1) is 0 Å². The second-order valence-corrected chi connectivity index (χ2v) is 6.89. The highest BCUT2D eigenvalue weighted by atomic mass is 15.0. The summed E-state index contributed by atoms with van der Waals surface area (Å²) in [4.78, 5) is 0. The first-order valence-electron chi connectivity index (χ1n) is 9.61. The zero-order valence-electron chi connectivity index (χ0n) is 18.3. The average molecular weight is 361 g/mol. The summed E-state index contributed by atoms with van der Waals surface area (Å²) < 4.78 is 2.28. The Morgan fingerprint density at radius 3 is 2.15 bits per heavy atom. The van der Waals surface area contributed by atoms with Gasteiger partial charge in [-0.2, -0.15) is 4.58 Å². The van der Waals surface area contributed by atoms with Crippen molar-refractivity contribution in [2.45, 2.75) is 54.4 Å². The summed E-state index contributed by atoms with van der Waals surface area (Å²) in [5.41, 5.74) is 10.5. The van der Waals surface area contributed by atoms with Crippen LogP contribution in [0.3, 0.4) is 0 Å². The molecule has 0 fully saturated rings. The molecule has 1 aliphatic rings. The van der Waals surface area contributed by atoms with Crippen molar-refractivity contribution in [3.05, 3.63) is 82.1 Å². The van der Waals surface area contributed by atoms with Crippen molar-refractivity contribution in [3.63, 3.8) is 0 Å². The number of allylic oxidation sites excluding steroid dienone is 5. The molecule has 27 heavy (non-hydrogen) atoms. The molecular weight excluding hydrogens is 326 g/mol. The van der Waals surface area contributed by atoms with Crippen LogP contribution in [0, 0.1) is 19.3 Å². The van der Waals surface area contributed by atoms with Gasteiger partial charge in [0.25, 0.3) is 0 Å². The van der Waals surface area contributed by atoms with E-state index in [9.17, 15) is 0 Å². The first-order chi connectivity index (χ1) is 12.7. The predicted octanol–water partition coefficient (Wildman–Crippen LogP) is 6.56. The minimum absolute atomic E-state index is 0.136. The highest BCUT2D eigenvalue weighted by Crippen LogP contribution is 2.42. The standard InChI is InChI=1S/C24H28N.C2H6/c1-10-17(7)24-21(15(3)4)22(23(16(5)6)25(24)9)20-13-12-19(11-2)14-18(20)8;1-2/h2,10,12-14,22H,3,5H2,1,4,6-9H3;1-2H3/q+1;/b17-10-;. The smallest absolute Gasteiger partial charge is 0.197 e. The number of rotatable bonds is 4. The van der Waals surface area contributed by atoms with Gasteiger partial charge in [0, 0.05) is 22.3 Å². The average Bonchev–Trinajstić information content (AvgIpc) is 2.95. The first-order valence-corrected chi connectivity index (χ1v) is 9.61. The van der Waals surface area contributed by atoms with Crippen molar-refractivity contribution in [3.8, 4) is 12.3 Å². The number of aryl methyl sites for hydroxylation is 1. The third-order valence-corrected chi connectivity index (χ3v) is 4.97. The van der Waals surface area contributed by atoms with E-state index in [0.717, 1.165) is 16.7 Å². The molecule has 0 spiro atoms. The Balaban J connectivity index is 0.00000176. The van der Waals surface area contributed by atoms with Gasteiger partial charge in [-0.05, 0) is 63.5 Å². The quantitative estimate of drug-likeness (QED) is 0.423. The molecule has 0 amide bonds. The molecule has 1 atom stereocenters. The third kappa shape index (κ3) is 4.22. The van der Waals surface area contributed by atoms with Crippen LogP contribution in [0.25, 0.3) is 0 Å². The molecule has 0 saturated carbocycles. The summed E-state index contributed by atoms with van der Waals surface area (Å²) in [5, 5.41) is 0. The van der Waals surface area contributed by atoms with Crippen LogP contribution in [0.5, 0.6) is 0 Å². The molecular formula is C26H34N+. The predicted molar refractivity (Wildman–Crippen MR) is 120 cm³/mol. The zero-order chi connectivity index (χ0) is 20.9. The van der Waals surface area contributed by atoms with Crippen molar-refractivity contribution in [2.24, 2.45) is 0 Å². The molecule has 0 bridgehead atoms. The molecule has 2 rings (SSSR count). The Labute approximate surface area is 166 Å². The second kappa shape index (κ2) is 9.38. The fourth-order valence-corrected chi connectivity index (χ4v) is 3.76. The molecule has 142 valence electrons. The SMILES string of the molecule is C#Cc1ccc(C2C(C(=C)C)=C(/C(C)=C\C)[N+](C)=C2C(=C)C)c(C)c1.CC. The maximum atomic E-state index is 5.57. The van der Waals surface area contributed by atoms with Gasteiger partial charge in [-0.15, -0.1) is 6.42 Å². The molecule has 0 aliphatic carbocycles. The van der Waals surface area contributed by atoms with Crippen LogP contribution in [-0.2, 0) is 0 Å². The van der Waals surface area contributed by atoms with Crippen molar-refractivity contribution >= 4 is 5.71 Å². The van der Waals surface area contributed by atoms with Gasteiger partial charge >= 0.3 is 0 Å². The van der Waals surface area contributed by atoms with Crippen LogP contribution in [0.1, 0.15) is 64.2 Å². The van der Waals surface area contributed by atoms with Gasteiger partial charge in [-0.3, -0.25) is 0 Å². The molecule has 1 heterocycles. The van der Waals surface area contributed by atoms with Crippen molar-refractivity contribution in [1.29, 1.82) is 0 Å². The van der Waals surface area contributed by atoms with E-state index >= 15 is 0 Å². The fraction of sp³-hybridized carbons (Fsp3) is 0.346. The molecule has 1 aromatic rings. The van der Waals surface area contributed by atoms with E-state index in [1.54, 1.807) is 0 Å². The summed E-state index contributed by atoms with van der Waals surface area (Å²) in [6, 6.07) is 6.26. The zero-order valence-corrected chi connectivity index (χ0v) is 18.3. The minimum atomic E-state index is 0.136. The maximum Gasteiger partial charge on any atom is 0.212 e. The Kier molecular flexibility index (Phi) is 7.80. The van der Waals surface area contributed by atoms with E-state index in [0.29, 0.717) is 0 Å². The lowest BCUT2D eigenvalue weighted by Gasteiger charge is -2.17. The molecule has 1 nitrogen and oxygen atoms in total. The normalized spacial score (nSPS) is 16.7. The lowest BCUT2D eigenvalue weighted by Crippen LogP contribution is -2.19. The summed E-state index contributed by atoms with van der Waals surface area (Å²) in [6.07, 6.45) is 7.72. The van der Waals surface area contributed by atoms with Crippen molar-refractivity contribution in [1.82, 2.24) is 0 Å². The Bertz CT molecular complexity index is 895. The third-order valence-electron chi connectivity index (χ3n) is 4.97. The molecule has 1 heteroatoms. The molecule has 0 aromatic heterocycles. The number of hydrogen-bond acceptors (Lipinski definition) is 0. The summed E-state index contributed by atoms with van der Waals surface area (Å²) in [6.45, 7) is 23.1. The van der Waals surface area contributed by atoms with E-state index in [1.807, 2.05) is 19.9 Å². The minimum Gasteiger partial charge on any atom is -0.197 e. The topological polar surface area (TPSA) is 3.01 Å². The Morgan fingerprint density at radius 1 is 1.15 bits per heavy atom. The van der Waals surface area contributed by atoms with E-state index in [1.165, 1.54) is 33.7 Å². The van der Waals surface area contributed by atoms with Crippen LogP contribution in [-0.4, -0.2) is 17.3 Å². The highest BCUT2D eigenvalue weighted by molar-refractivity contribution is 6.05. The lowest BCUT2D eigenvalue weighted by atomic mass is 9.80. The number of terminal acetylenes is 1. The molecule has 0 saturated heterocycles. The fourth-order valence-electron chi connectivity index (χ4n) is 3.76. The maximum absolute atomic E-state index is 5.57. The van der Waals surface area contributed by atoms with Crippen LogP contribution < -0.4 is 0 Å². The van der Waals surface area contributed by atoms with Crippen LogP contribution in [0.15, 0.2) is 65.4 Å². The number of hydrogen-bond donors (Lipinski definition) is 0. The molecule has 1 unspecified atom stereocenters. The lowest BCUT2D eigenvalue weighted by molar-refractivity contribution is -0.436. The van der Waals surface area contributed by atoms with Crippen LogP contribution in [0.2, 0.25) is 0 Å². The largest absolute Gasteiger partial charge is 0.212 e. The van der Waals surface area contributed by atoms with Crippen molar-refractivity contribution in [2.75, 3.05) is 7.05 Å². The Hall–Kier alpha value is -2.59. The van der Waals surface area contributed by atoms with Gasteiger partial charge in [0.2, 0.25) is 5.70 Å². The molecule has 0 radical (unpaired) electrons. The first kappa shape index (κ1) is 22.5. The van der Waals surface area contributed by atoms with Gasteiger partial charge in [-0.25, -0.2) is 0 Å². The molecule has 1 aromatic carbocycles. The number of benzene rings is 1. The van der Waals surface area contributed by atoms with E-state index in [4.69, 9.17) is 6.42 Å². The van der Waals surface area contributed by atoms with Crippen LogP contribution >= 0.6 is 0 Å². The molecule has 1 aliphatic heterocycles. The summed E-state index contributed by atoms with van der Waals surface area (Å²) >= 11 is 0. The number of nitrogens with zero attached hydrogens (tertiary/aromatic N) is 1. The van der Waals surface area contributed by atoms with Gasteiger partial charge in [-0.1, -0.05) is 45.1 Å².